The second-order valence-corrected chi connectivity index (χ2v) is 5.90. The zero-order chi connectivity index (χ0) is 12.7. The molecule has 1 unspecified atom stereocenters. The molecule has 0 fully saturated rings. The molecule has 0 bridgehead atoms. The number of hydrogen-bond donors (Lipinski definition) is 2. The van der Waals surface area contributed by atoms with Crippen LogP contribution < -0.4 is 11.1 Å². The Hall–Kier alpha value is -0.270. The van der Waals surface area contributed by atoms with Crippen molar-refractivity contribution in [3.63, 3.8) is 0 Å². The summed E-state index contributed by atoms with van der Waals surface area (Å²) in [6.07, 6.45) is 0.950. The number of carbonyl (C=O) groups is 1. The van der Waals surface area contributed by atoms with Gasteiger partial charge in [-0.2, -0.15) is 11.8 Å². The monoisotopic (exact) mass is 364 g/mol. The van der Waals surface area contributed by atoms with Gasteiger partial charge in [0.05, 0.1) is 11.4 Å². The summed E-state index contributed by atoms with van der Waals surface area (Å²) in [6.45, 7) is 2.05. The lowest BCUT2D eigenvalue weighted by Crippen LogP contribution is -2.23. The molecule has 0 saturated heterocycles. The molecule has 17 heavy (non-hydrogen) atoms. The molecule has 0 saturated carbocycles. The summed E-state index contributed by atoms with van der Waals surface area (Å²) >= 11 is 3.79. The van der Waals surface area contributed by atoms with Crippen LogP contribution >= 0.6 is 34.4 Å². The highest BCUT2D eigenvalue weighted by molar-refractivity contribution is 14.1. The van der Waals surface area contributed by atoms with Gasteiger partial charge in [0.2, 0.25) is 5.91 Å². The molecule has 94 valence electrons. The van der Waals surface area contributed by atoms with Crippen LogP contribution in [0.3, 0.4) is 0 Å². The predicted molar refractivity (Wildman–Crippen MR) is 83.4 cm³/mol. The number of anilines is 1. The van der Waals surface area contributed by atoms with E-state index in [9.17, 15) is 4.79 Å². The molecule has 1 aromatic rings. The van der Waals surface area contributed by atoms with Gasteiger partial charge in [0.15, 0.2) is 0 Å². The molecule has 0 spiro atoms. The lowest BCUT2D eigenvalue weighted by molar-refractivity contribution is -0.113. The highest BCUT2D eigenvalue weighted by Gasteiger charge is 2.06. The maximum absolute atomic E-state index is 11.7. The Kier molecular flexibility index (Phi) is 6.91. The second-order valence-electron chi connectivity index (χ2n) is 3.71. The van der Waals surface area contributed by atoms with Crippen molar-refractivity contribution < 1.29 is 4.79 Å². The summed E-state index contributed by atoms with van der Waals surface area (Å²) in [4.78, 5) is 11.7. The van der Waals surface area contributed by atoms with Gasteiger partial charge in [0.25, 0.3) is 0 Å². The average Bonchev–Trinajstić information content (AvgIpc) is 2.32. The first kappa shape index (κ1) is 14.8. The van der Waals surface area contributed by atoms with Crippen LogP contribution in [0, 0.1) is 3.57 Å². The first-order valence-corrected chi connectivity index (χ1v) is 7.74. The number of para-hydroxylation sites is 1. The lowest BCUT2D eigenvalue weighted by Gasteiger charge is -2.09. The van der Waals surface area contributed by atoms with Crippen molar-refractivity contribution in [2.75, 3.05) is 16.8 Å². The third kappa shape index (κ3) is 5.74. The summed E-state index contributed by atoms with van der Waals surface area (Å²) < 4.78 is 1.05. The molecular formula is C12H17IN2OS. The summed E-state index contributed by atoms with van der Waals surface area (Å²) in [5.41, 5.74) is 6.66. The molecule has 1 atom stereocenters. The highest BCUT2D eigenvalue weighted by Crippen LogP contribution is 2.17. The van der Waals surface area contributed by atoms with Crippen LogP contribution in [0.1, 0.15) is 13.3 Å². The highest BCUT2D eigenvalue weighted by atomic mass is 127. The molecule has 1 amide bonds. The third-order valence-electron chi connectivity index (χ3n) is 2.24. The van der Waals surface area contributed by atoms with Gasteiger partial charge in [-0.25, -0.2) is 0 Å². The van der Waals surface area contributed by atoms with E-state index in [0.717, 1.165) is 21.4 Å². The van der Waals surface area contributed by atoms with Gasteiger partial charge in [0, 0.05) is 15.4 Å². The zero-order valence-corrected chi connectivity index (χ0v) is 12.8. The van der Waals surface area contributed by atoms with Crippen LogP contribution in [0.15, 0.2) is 24.3 Å². The number of benzene rings is 1. The molecule has 0 aliphatic carbocycles. The summed E-state index contributed by atoms with van der Waals surface area (Å²) in [5.74, 6) is 1.32. The van der Waals surface area contributed by atoms with E-state index in [2.05, 4.69) is 34.8 Å². The minimum atomic E-state index is 0.0300. The molecular weight excluding hydrogens is 347 g/mol. The first-order chi connectivity index (χ1) is 8.13. The van der Waals surface area contributed by atoms with E-state index in [0.29, 0.717) is 5.75 Å². The van der Waals surface area contributed by atoms with Gasteiger partial charge in [0.1, 0.15) is 0 Å². The van der Waals surface area contributed by atoms with E-state index in [4.69, 9.17) is 5.73 Å². The third-order valence-corrected chi connectivity index (χ3v) is 4.31. The maximum atomic E-state index is 11.7. The van der Waals surface area contributed by atoms with E-state index in [1.54, 1.807) is 11.8 Å². The number of hydrogen-bond acceptors (Lipinski definition) is 3. The minimum absolute atomic E-state index is 0.0300. The Labute approximate surface area is 120 Å². The molecule has 1 aromatic carbocycles. The van der Waals surface area contributed by atoms with Gasteiger partial charge < -0.3 is 11.1 Å². The van der Waals surface area contributed by atoms with E-state index >= 15 is 0 Å². The molecule has 0 aliphatic rings. The largest absolute Gasteiger partial charge is 0.327 e. The Morgan fingerprint density at radius 2 is 2.24 bits per heavy atom. The van der Waals surface area contributed by atoms with Gasteiger partial charge in [-0.3, -0.25) is 4.79 Å². The van der Waals surface area contributed by atoms with Crippen molar-refractivity contribution in [1.29, 1.82) is 0 Å². The number of amides is 1. The van der Waals surface area contributed by atoms with E-state index < -0.39 is 0 Å². The molecule has 3 nitrogen and oxygen atoms in total. The number of nitrogens with two attached hydrogens (primary N) is 1. The minimum Gasteiger partial charge on any atom is -0.327 e. The van der Waals surface area contributed by atoms with Crippen LogP contribution in [0.4, 0.5) is 5.69 Å². The van der Waals surface area contributed by atoms with Crippen LogP contribution in [-0.2, 0) is 4.79 Å². The van der Waals surface area contributed by atoms with Crippen molar-refractivity contribution >= 4 is 45.9 Å². The first-order valence-electron chi connectivity index (χ1n) is 5.51. The van der Waals surface area contributed by atoms with Gasteiger partial charge >= 0.3 is 0 Å². The Morgan fingerprint density at radius 1 is 1.53 bits per heavy atom. The van der Waals surface area contributed by atoms with E-state index in [1.807, 2.05) is 24.3 Å². The molecule has 1 rings (SSSR count). The fourth-order valence-electron chi connectivity index (χ4n) is 1.17. The quantitative estimate of drug-likeness (QED) is 0.764. The van der Waals surface area contributed by atoms with Gasteiger partial charge in [-0.05, 0) is 41.1 Å². The predicted octanol–water partition coefficient (Wildman–Crippen LogP) is 2.70. The average molecular weight is 364 g/mol. The number of nitrogens with one attached hydrogen (secondary N) is 1. The van der Waals surface area contributed by atoms with Crippen molar-refractivity contribution in [3.8, 4) is 0 Å². The molecule has 0 heterocycles. The van der Waals surface area contributed by atoms with Gasteiger partial charge in [-0.1, -0.05) is 19.1 Å². The zero-order valence-electron chi connectivity index (χ0n) is 9.78. The van der Waals surface area contributed by atoms with Crippen molar-refractivity contribution in [1.82, 2.24) is 0 Å². The van der Waals surface area contributed by atoms with Crippen molar-refractivity contribution in [3.05, 3.63) is 27.8 Å². The lowest BCUT2D eigenvalue weighted by atomic mass is 10.3. The topological polar surface area (TPSA) is 55.1 Å². The molecule has 0 aliphatic heterocycles. The molecule has 5 heteroatoms. The number of carbonyl (C=O) groups excluding carboxylic acids is 1. The summed E-state index contributed by atoms with van der Waals surface area (Å²) in [6, 6.07) is 7.92. The van der Waals surface area contributed by atoms with E-state index in [1.165, 1.54) is 0 Å². The smallest absolute Gasteiger partial charge is 0.234 e. The Morgan fingerprint density at radius 3 is 2.88 bits per heavy atom. The second kappa shape index (κ2) is 7.94. The number of thioether (sulfide) groups is 1. The number of halogens is 1. The SMILES string of the molecule is CCC(N)CSCC(=O)Nc1ccccc1I. The van der Waals surface area contributed by atoms with Crippen LogP contribution in [-0.4, -0.2) is 23.5 Å². The fourth-order valence-corrected chi connectivity index (χ4v) is 2.61. The number of rotatable bonds is 6. The summed E-state index contributed by atoms with van der Waals surface area (Å²) in [7, 11) is 0. The standard InChI is InChI=1S/C12H17IN2OS/c1-2-9(14)7-17-8-12(16)15-11-6-4-3-5-10(11)13/h3-6,9H,2,7-8,14H2,1H3,(H,15,16). The van der Waals surface area contributed by atoms with Gasteiger partial charge in [-0.15, -0.1) is 0 Å². The fraction of sp³-hybridized carbons (Fsp3) is 0.417. The molecule has 0 aromatic heterocycles. The normalized spacial score (nSPS) is 12.2. The van der Waals surface area contributed by atoms with Crippen molar-refractivity contribution in [2.24, 2.45) is 5.73 Å². The van der Waals surface area contributed by atoms with Crippen LogP contribution in [0.25, 0.3) is 0 Å². The summed E-state index contributed by atoms with van der Waals surface area (Å²) in [5, 5.41) is 2.89. The van der Waals surface area contributed by atoms with Crippen molar-refractivity contribution in [2.45, 2.75) is 19.4 Å². The Bertz CT molecular complexity index is 373. The Balaban J connectivity index is 2.33. The molecule has 3 N–H and O–H groups in total. The van der Waals surface area contributed by atoms with Crippen LogP contribution in [0.2, 0.25) is 0 Å². The molecule has 0 radical (unpaired) electrons. The van der Waals surface area contributed by atoms with Crippen LogP contribution in [0.5, 0.6) is 0 Å². The van der Waals surface area contributed by atoms with E-state index in [-0.39, 0.29) is 11.9 Å². The maximum Gasteiger partial charge on any atom is 0.234 e.